The van der Waals surface area contributed by atoms with Crippen LogP contribution in [0.4, 0.5) is 4.39 Å². The van der Waals surface area contributed by atoms with Crippen molar-refractivity contribution in [2.75, 3.05) is 0 Å². The number of rotatable bonds is 4. The Kier molecular flexibility index (Phi) is 4.86. The fraction of sp³-hybridized carbons (Fsp3) is 0.167. The summed E-state index contributed by atoms with van der Waals surface area (Å²) in [5.41, 5.74) is 0. The zero-order valence-corrected chi connectivity index (χ0v) is 14.2. The van der Waals surface area contributed by atoms with Gasteiger partial charge in [0.25, 0.3) is 0 Å². The second-order valence-corrected chi connectivity index (χ2v) is 8.40. The zero-order chi connectivity index (χ0) is 14.9. The molecule has 1 N–H and O–H groups in total. The minimum Gasteiger partial charge on any atom is -0.207 e. The largest absolute Gasteiger partial charge is 0.244 e. The molecule has 1 aromatic heterocycles. The highest BCUT2D eigenvalue weighted by Gasteiger charge is 2.23. The van der Waals surface area contributed by atoms with E-state index >= 15 is 0 Å². The van der Waals surface area contributed by atoms with Crippen LogP contribution >= 0.6 is 38.9 Å². The molecule has 0 radical (unpaired) electrons. The fourth-order valence-electron chi connectivity index (χ4n) is 1.60. The summed E-state index contributed by atoms with van der Waals surface area (Å²) < 4.78 is 41.5. The maximum absolute atomic E-state index is 13.7. The molecule has 0 aliphatic rings. The first-order valence-electron chi connectivity index (χ1n) is 5.52. The van der Waals surface area contributed by atoms with Crippen LogP contribution in [0.25, 0.3) is 0 Å². The second-order valence-electron chi connectivity index (χ2n) is 4.06. The molecule has 1 aromatic carbocycles. The Balaban J connectivity index is 2.29. The second kappa shape index (κ2) is 6.11. The first kappa shape index (κ1) is 15.9. The zero-order valence-electron chi connectivity index (χ0n) is 10.2. The number of hydrogen-bond donors (Lipinski definition) is 1. The fourth-order valence-corrected chi connectivity index (χ4v) is 4.58. The third-order valence-electron chi connectivity index (χ3n) is 2.54. The van der Waals surface area contributed by atoms with E-state index in [0.29, 0.717) is 8.81 Å². The average Bonchev–Trinajstić information content (AvgIpc) is 2.78. The van der Waals surface area contributed by atoms with E-state index in [9.17, 15) is 12.8 Å². The maximum atomic E-state index is 13.7. The van der Waals surface area contributed by atoms with E-state index in [2.05, 4.69) is 20.7 Å². The Hall–Kier alpha value is -0.470. The van der Waals surface area contributed by atoms with Gasteiger partial charge < -0.3 is 0 Å². The van der Waals surface area contributed by atoms with Crippen molar-refractivity contribution in [3.8, 4) is 0 Å². The Labute approximate surface area is 134 Å². The molecule has 0 amide bonds. The summed E-state index contributed by atoms with van der Waals surface area (Å²) in [7, 11) is -3.94. The van der Waals surface area contributed by atoms with E-state index in [1.165, 1.54) is 23.5 Å². The molecule has 0 aliphatic carbocycles. The third-order valence-corrected chi connectivity index (χ3v) is 6.00. The summed E-state index contributed by atoms with van der Waals surface area (Å²) in [5.74, 6) is -0.794. The third kappa shape index (κ3) is 3.59. The molecule has 0 aliphatic heterocycles. The lowest BCUT2D eigenvalue weighted by Crippen LogP contribution is -2.27. The summed E-state index contributed by atoms with van der Waals surface area (Å²) in [6, 6.07) is 6.70. The summed E-state index contributed by atoms with van der Waals surface area (Å²) in [6.45, 7) is 1.68. The molecular formula is C12H10BrClFNO2S2. The van der Waals surface area contributed by atoms with Crippen LogP contribution in [-0.2, 0) is 10.0 Å². The van der Waals surface area contributed by atoms with Crippen LogP contribution in [-0.4, -0.2) is 8.42 Å². The van der Waals surface area contributed by atoms with E-state index in [1.54, 1.807) is 19.1 Å². The van der Waals surface area contributed by atoms with Gasteiger partial charge in [0, 0.05) is 9.35 Å². The molecule has 2 aromatic rings. The Bertz CT molecular complexity index is 733. The molecular weight excluding hydrogens is 389 g/mol. The van der Waals surface area contributed by atoms with E-state index in [-0.39, 0.29) is 4.90 Å². The van der Waals surface area contributed by atoms with Crippen LogP contribution < -0.4 is 4.72 Å². The lowest BCUT2D eigenvalue weighted by molar-refractivity contribution is 0.548. The SMILES string of the molecule is CC(NS(=O)(=O)c1cc(Br)ccc1F)c1ccc(Cl)s1. The molecule has 108 valence electrons. The molecule has 0 bridgehead atoms. The van der Waals surface area contributed by atoms with Gasteiger partial charge in [0.1, 0.15) is 10.7 Å². The van der Waals surface area contributed by atoms with Gasteiger partial charge in [-0.25, -0.2) is 17.5 Å². The Morgan fingerprint density at radius 1 is 1.35 bits per heavy atom. The van der Waals surface area contributed by atoms with Gasteiger partial charge in [-0.3, -0.25) is 0 Å². The van der Waals surface area contributed by atoms with Crippen LogP contribution in [0, 0.1) is 5.82 Å². The van der Waals surface area contributed by atoms with Gasteiger partial charge in [-0.15, -0.1) is 11.3 Å². The highest BCUT2D eigenvalue weighted by Crippen LogP contribution is 2.28. The molecule has 0 saturated heterocycles. The molecule has 8 heteroatoms. The predicted octanol–water partition coefficient (Wildman–Crippen LogP) is 4.34. The number of thiophene rings is 1. The number of nitrogens with one attached hydrogen (secondary N) is 1. The molecule has 2 rings (SSSR count). The van der Waals surface area contributed by atoms with Gasteiger partial charge in [0.2, 0.25) is 10.0 Å². The van der Waals surface area contributed by atoms with Crippen molar-refractivity contribution >= 4 is 48.9 Å². The van der Waals surface area contributed by atoms with Crippen molar-refractivity contribution in [3.63, 3.8) is 0 Å². The normalized spacial score (nSPS) is 13.4. The smallest absolute Gasteiger partial charge is 0.207 e. The van der Waals surface area contributed by atoms with Gasteiger partial charge in [-0.05, 0) is 37.3 Å². The summed E-state index contributed by atoms with van der Waals surface area (Å²) in [6.07, 6.45) is 0. The van der Waals surface area contributed by atoms with Gasteiger partial charge in [-0.2, -0.15) is 0 Å². The van der Waals surface area contributed by atoms with Crippen LogP contribution in [0.15, 0.2) is 39.7 Å². The Morgan fingerprint density at radius 2 is 2.05 bits per heavy atom. The highest BCUT2D eigenvalue weighted by atomic mass is 79.9. The quantitative estimate of drug-likeness (QED) is 0.832. The first-order valence-corrected chi connectivity index (χ1v) is 8.99. The van der Waals surface area contributed by atoms with E-state index in [4.69, 9.17) is 11.6 Å². The van der Waals surface area contributed by atoms with Crippen molar-refractivity contribution in [2.24, 2.45) is 0 Å². The Morgan fingerprint density at radius 3 is 2.65 bits per heavy atom. The maximum Gasteiger partial charge on any atom is 0.244 e. The van der Waals surface area contributed by atoms with Gasteiger partial charge in [-0.1, -0.05) is 27.5 Å². The number of sulfonamides is 1. The van der Waals surface area contributed by atoms with E-state index in [1.807, 2.05) is 0 Å². The lowest BCUT2D eigenvalue weighted by Gasteiger charge is -2.13. The molecule has 1 heterocycles. The van der Waals surface area contributed by atoms with Gasteiger partial charge >= 0.3 is 0 Å². The standard InChI is InChI=1S/C12H10BrClFNO2S2/c1-7(10-4-5-12(14)19-10)16-20(17,18)11-6-8(13)2-3-9(11)15/h2-7,16H,1H3. The van der Waals surface area contributed by atoms with E-state index in [0.717, 1.165) is 10.9 Å². The van der Waals surface area contributed by atoms with Crippen molar-refractivity contribution in [1.82, 2.24) is 4.72 Å². The van der Waals surface area contributed by atoms with Crippen molar-refractivity contribution < 1.29 is 12.8 Å². The van der Waals surface area contributed by atoms with Crippen LogP contribution in [0.1, 0.15) is 17.8 Å². The van der Waals surface area contributed by atoms with Crippen molar-refractivity contribution in [3.05, 3.63) is 49.8 Å². The predicted molar refractivity (Wildman–Crippen MR) is 82.2 cm³/mol. The molecule has 0 fully saturated rings. The number of hydrogen-bond acceptors (Lipinski definition) is 3. The monoisotopic (exact) mass is 397 g/mol. The minimum atomic E-state index is -3.94. The minimum absolute atomic E-state index is 0.388. The summed E-state index contributed by atoms with van der Waals surface area (Å²) in [4.78, 5) is 0.371. The molecule has 20 heavy (non-hydrogen) atoms. The average molecular weight is 399 g/mol. The molecule has 3 nitrogen and oxygen atoms in total. The first-order chi connectivity index (χ1) is 9.29. The molecule has 1 unspecified atom stereocenters. The van der Waals surface area contributed by atoms with Gasteiger partial charge in [0.05, 0.1) is 10.4 Å². The highest BCUT2D eigenvalue weighted by molar-refractivity contribution is 9.10. The molecule has 0 saturated carbocycles. The molecule has 0 spiro atoms. The van der Waals surface area contributed by atoms with Crippen LogP contribution in [0.3, 0.4) is 0 Å². The summed E-state index contributed by atoms with van der Waals surface area (Å²) in [5, 5.41) is 0. The van der Waals surface area contributed by atoms with Crippen molar-refractivity contribution in [1.29, 1.82) is 0 Å². The summed E-state index contributed by atoms with van der Waals surface area (Å²) >= 11 is 10.2. The van der Waals surface area contributed by atoms with Crippen LogP contribution in [0.2, 0.25) is 4.34 Å². The van der Waals surface area contributed by atoms with Crippen molar-refractivity contribution in [2.45, 2.75) is 17.9 Å². The van der Waals surface area contributed by atoms with Crippen LogP contribution in [0.5, 0.6) is 0 Å². The number of benzene rings is 1. The number of halogens is 3. The molecule has 1 atom stereocenters. The van der Waals surface area contributed by atoms with Gasteiger partial charge in [0.15, 0.2) is 0 Å². The lowest BCUT2D eigenvalue weighted by atomic mass is 10.3. The topological polar surface area (TPSA) is 46.2 Å². The van der Waals surface area contributed by atoms with E-state index < -0.39 is 21.9 Å².